The fourth-order valence-electron chi connectivity index (χ4n) is 2.49. The molecule has 1 aromatic heterocycles. The number of nitrogens with one attached hydrogen (secondary N) is 1. The van der Waals surface area contributed by atoms with Crippen LogP contribution in [0.5, 0.6) is 0 Å². The number of carbonyl (C=O) groups excluding carboxylic acids is 2. The molecule has 0 saturated heterocycles. The number of primary amides is 1. The van der Waals surface area contributed by atoms with Crippen molar-refractivity contribution in [3.05, 3.63) is 74.7 Å². The molecule has 0 saturated carbocycles. The third-order valence-corrected chi connectivity index (χ3v) is 4.29. The summed E-state index contributed by atoms with van der Waals surface area (Å²) in [6.45, 7) is 0.0745. The van der Waals surface area contributed by atoms with Gasteiger partial charge in [-0.25, -0.2) is 4.98 Å². The highest BCUT2D eigenvalue weighted by molar-refractivity contribution is 9.10. The van der Waals surface area contributed by atoms with Gasteiger partial charge in [-0.15, -0.1) is 0 Å². The van der Waals surface area contributed by atoms with Crippen LogP contribution in [0.3, 0.4) is 0 Å². The van der Waals surface area contributed by atoms with Crippen LogP contribution in [0.25, 0.3) is 10.9 Å². The molecule has 7 nitrogen and oxygen atoms in total. The number of halogens is 1. The third-order valence-electron chi connectivity index (χ3n) is 3.80. The lowest BCUT2D eigenvalue weighted by molar-refractivity contribution is -0.121. The second-order valence-electron chi connectivity index (χ2n) is 5.68. The number of carbonyl (C=O) groups is 2. The van der Waals surface area contributed by atoms with Crippen molar-refractivity contribution in [3.63, 3.8) is 0 Å². The monoisotopic (exact) mass is 414 g/mol. The quantitative estimate of drug-likeness (QED) is 0.660. The Labute approximate surface area is 157 Å². The van der Waals surface area contributed by atoms with E-state index in [1.807, 2.05) is 0 Å². The van der Waals surface area contributed by atoms with Crippen molar-refractivity contribution in [2.75, 3.05) is 0 Å². The van der Waals surface area contributed by atoms with E-state index >= 15 is 0 Å². The number of aromatic nitrogens is 2. The number of hydrogen-bond donors (Lipinski definition) is 2. The number of hydrogen-bond acceptors (Lipinski definition) is 4. The van der Waals surface area contributed by atoms with Crippen LogP contribution >= 0.6 is 15.9 Å². The summed E-state index contributed by atoms with van der Waals surface area (Å²) in [6.07, 6.45) is 1.35. The van der Waals surface area contributed by atoms with E-state index in [0.29, 0.717) is 16.5 Å². The molecule has 0 spiro atoms. The Balaban J connectivity index is 1.71. The zero-order valence-electron chi connectivity index (χ0n) is 13.6. The zero-order valence-corrected chi connectivity index (χ0v) is 15.2. The molecule has 0 unspecified atom stereocenters. The van der Waals surface area contributed by atoms with Crippen molar-refractivity contribution in [1.82, 2.24) is 14.9 Å². The number of nitrogens with two attached hydrogens (primary N) is 1. The topological polar surface area (TPSA) is 107 Å². The minimum atomic E-state index is -0.530. The average molecular weight is 415 g/mol. The maximum atomic E-state index is 12.5. The fourth-order valence-corrected chi connectivity index (χ4v) is 2.85. The summed E-state index contributed by atoms with van der Waals surface area (Å²) < 4.78 is 2.02. The Hall–Kier alpha value is -3.00. The highest BCUT2D eigenvalue weighted by Gasteiger charge is 2.09. The molecule has 26 heavy (non-hydrogen) atoms. The SMILES string of the molecule is NC(=O)c1cccc(CNC(=O)Cn2cnc3ccc(Br)cc3c2=O)c1. The Kier molecular flexibility index (Phi) is 5.13. The van der Waals surface area contributed by atoms with E-state index in [-0.39, 0.29) is 24.6 Å². The van der Waals surface area contributed by atoms with E-state index in [1.165, 1.54) is 10.9 Å². The van der Waals surface area contributed by atoms with E-state index < -0.39 is 5.91 Å². The van der Waals surface area contributed by atoms with E-state index in [2.05, 4.69) is 26.2 Å². The van der Waals surface area contributed by atoms with Crippen molar-refractivity contribution < 1.29 is 9.59 Å². The van der Waals surface area contributed by atoms with Crippen LogP contribution in [-0.2, 0) is 17.9 Å². The molecule has 2 aromatic carbocycles. The van der Waals surface area contributed by atoms with E-state index in [1.54, 1.807) is 42.5 Å². The molecule has 132 valence electrons. The Morgan fingerprint density at radius 2 is 2.00 bits per heavy atom. The maximum absolute atomic E-state index is 12.5. The van der Waals surface area contributed by atoms with Gasteiger partial charge in [-0.05, 0) is 35.9 Å². The largest absolute Gasteiger partial charge is 0.366 e. The van der Waals surface area contributed by atoms with E-state index in [9.17, 15) is 14.4 Å². The minimum Gasteiger partial charge on any atom is -0.366 e. The van der Waals surface area contributed by atoms with Crippen molar-refractivity contribution in [2.45, 2.75) is 13.1 Å². The van der Waals surface area contributed by atoms with Gasteiger partial charge >= 0.3 is 0 Å². The highest BCUT2D eigenvalue weighted by Crippen LogP contribution is 2.14. The molecule has 0 aliphatic heterocycles. The zero-order chi connectivity index (χ0) is 18.7. The molecular weight excluding hydrogens is 400 g/mol. The summed E-state index contributed by atoms with van der Waals surface area (Å²) in [7, 11) is 0. The third kappa shape index (κ3) is 3.97. The van der Waals surface area contributed by atoms with E-state index in [4.69, 9.17) is 5.73 Å². The first-order chi connectivity index (χ1) is 12.4. The number of amides is 2. The lowest BCUT2D eigenvalue weighted by Gasteiger charge is -2.09. The van der Waals surface area contributed by atoms with E-state index in [0.717, 1.165) is 10.0 Å². The lowest BCUT2D eigenvalue weighted by atomic mass is 10.1. The first kappa shape index (κ1) is 17.8. The number of nitrogens with zero attached hydrogens (tertiary/aromatic N) is 2. The molecule has 3 rings (SSSR count). The van der Waals surface area contributed by atoms with Gasteiger partial charge in [0, 0.05) is 16.6 Å². The molecule has 0 aliphatic rings. The maximum Gasteiger partial charge on any atom is 0.261 e. The summed E-state index contributed by atoms with van der Waals surface area (Å²) in [5, 5.41) is 3.15. The number of fused-ring (bicyclic) bond motifs is 1. The van der Waals surface area contributed by atoms with Gasteiger partial charge in [0.1, 0.15) is 6.54 Å². The summed E-state index contributed by atoms with van der Waals surface area (Å²) in [5.41, 5.74) is 6.63. The number of rotatable bonds is 5. The summed E-state index contributed by atoms with van der Waals surface area (Å²) in [6, 6.07) is 11.9. The van der Waals surface area contributed by atoms with Gasteiger partial charge < -0.3 is 11.1 Å². The predicted molar refractivity (Wildman–Crippen MR) is 101 cm³/mol. The van der Waals surface area contributed by atoms with Crippen molar-refractivity contribution >= 4 is 38.6 Å². The van der Waals surface area contributed by atoms with Gasteiger partial charge in [-0.2, -0.15) is 0 Å². The van der Waals surface area contributed by atoms with Crippen molar-refractivity contribution in [3.8, 4) is 0 Å². The Morgan fingerprint density at radius 1 is 1.19 bits per heavy atom. The molecule has 0 fully saturated rings. The molecule has 0 atom stereocenters. The molecule has 0 bridgehead atoms. The predicted octanol–water partition coefficient (Wildman–Crippen LogP) is 1.57. The van der Waals surface area contributed by atoms with Crippen LogP contribution in [-0.4, -0.2) is 21.4 Å². The molecule has 8 heteroatoms. The van der Waals surface area contributed by atoms with Crippen molar-refractivity contribution in [1.29, 1.82) is 0 Å². The Bertz CT molecular complexity index is 1060. The normalized spacial score (nSPS) is 10.7. The molecule has 3 N–H and O–H groups in total. The molecular formula is C18H15BrN4O3. The van der Waals surface area contributed by atoms with Gasteiger partial charge in [-0.1, -0.05) is 28.1 Å². The van der Waals surface area contributed by atoms with Crippen LogP contribution in [0.1, 0.15) is 15.9 Å². The average Bonchev–Trinajstić information content (AvgIpc) is 2.63. The smallest absolute Gasteiger partial charge is 0.261 e. The second kappa shape index (κ2) is 7.49. The van der Waals surface area contributed by atoms with Gasteiger partial charge in [0.05, 0.1) is 17.2 Å². The van der Waals surface area contributed by atoms with Crippen LogP contribution < -0.4 is 16.6 Å². The number of benzene rings is 2. The van der Waals surface area contributed by atoms with Crippen LogP contribution in [0.4, 0.5) is 0 Å². The summed E-state index contributed by atoms with van der Waals surface area (Å²) in [5.74, 6) is -0.870. The Morgan fingerprint density at radius 3 is 2.77 bits per heavy atom. The first-order valence-electron chi connectivity index (χ1n) is 7.74. The molecule has 2 amide bonds. The standard InChI is InChI=1S/C18H15BrN4O3/c19-13-4-5-15-14(7-13)18(26)23(10-22-15)9-16(24)21-8-11-2-1-3-12(6-11)17(20)25/h1-7,10H,8-9H2,(H2,20,25)(H,21,24). The first-order valence-corrected chi connectivity index (χ1v) is 8.53. The van der Waals surface area contributed by atoms with Gasteiger partial charge in [0.25, 0.3) is 5.56 Å². The van der Waals surface area contributed by atoms with Gasteiger partial charge in [0.15, 0.2) is 0 Å². The molecule has 1 heterocycles. The lowest BCUT2D eigenvalue weighted by Crippen LogP contribution is -2.32. The molecule has 0 radical (unpaired) electrons. The van der Waals surface area contributed by atoms with Crippen LogP contribution in [0.15, 0.2) is 58.1 Å². The highest BCUT2D eigenvalue weighted by atomic mass is 79.9. The molecule has 3 aromatic rings. The minimum absolute atomic E-state index is 0.149. The molecule has 0 aliphatic carbocycles. The van der Waals surface area contributed by atoms with Crippen LogP contribution in [0, 0.1) is 0 Å². The van der Waals surface area contributed by atoms with Crippen LogP contribution in [0.2, 0.25) is 0 Å². The summed E-state index contributed by atoms with van der Waals surface area (Å²) >= 11 is 3.32. The summed E-state index contributed by atoms with van der Waals surface area (Å²) in [4.78, 5) is 40.0. The van der Waals surface area contributed by atoms with Gasteiger partial charge in [0.2, 0.25) is 11.8 Å². The fraction of sp³-hybridized carbons (Fsp3) is 0.111. The van der Waals surface area contributed by atoms with Gasteiger partial charge in [-0.3, -0.25) is 19.0 Å². The van der Waals surface area contributed by atoms with Crippen molar-refractivity contribution in [2.24, 2.45) is 5.73 Å². The second-order valence-corrected chi connectivity index (χ2v) is 6.60.